The minimum atomic E-state index is -0.414. The van der Waals surface area contributed by atoms with E-state index >= 15 is 0 Å². The normalized spacial score (nSPS) is 11.7. The van der Waals surface area contributed by atoms with Crippen LogP contribution in [0, 0.1) is 17.1 Å². The van der Waals surface area contributed by atoms with E-state index in [1.807, 2.05) is 25.1 Å². The number of halogens is 1. The Kier molecular flexibility index (Phi) is 6.45. The molecule has 0 spiro atoms. The second-order valence-electron chi connectivity index (χ2n) is 5.08. The third kappa shape index (κ3) is 4.98. The van der Waals surface area contributed by atoms with Gasteiger partial charge in [-0.25, -0.2) is 4.39 Å². The number of nitrogens with zero attached hydrogens (tertiary/aromatic N) is 1. The second kappa shape index (κ2) is 8.56. The van der Waals surface area contributed by atoms with Gasteiger partial charge in [0.05, 0.1) is 23.9 Å². The van der Waals surface area contributed by atoms with Gasteiger partial charge >= 0.3 is 0 Å². The van der Waals surface area contributed by atoms with Gasteiger partial charge < -0.3 is 10.1 Å². The van der Waals surface area contributed by atoms with Gasteiger partial charge in [-0.2, -0.15) is 5.26 Å². The fraction of sp³-hybridized carbons (Fsp3) is 0.278. The van der Waals surface area contributed by atoms with Crippen LogP contribution >= 0.6 is 11.8 Å². The maximum atomic E-state index is 13.9. The van der Waals surface area contributed by atoms with Crippen LogP contribution in [-0.2, 0) is 4.74 Å². The molecule has 2 aromatic carbocycles. The fourth-order valence-electron chi connectivity index (χ4n) is 2.11. The summed E-state index contributed by atoms with van der Waals surface area (Å²) in [5, 5.41) is 11.9. The largest absolute Gasteiger partial charge is 0.384 e. The van der Waals surface area contributed by atoms with E-state index in [4.69, 9.17) is 10.00 Å². The first-order valence-corrected chi connectivity index (χ1v) is 8.30. The van der Waals surface area contributed by atoms with Crippen molar-refractivity contribution in [2.75, 3.05) is 24.8 Å². The average Bonchev–Trinajstić information content (AvgIpc) is 2.57. The molecule has 0 saturated heterocycles. The van der Waals surface area contributed by atoms with Crippen molar-refractivity contribution in [2.24, 2.45) is 0 Å². The minimum Gasteiger partial charge on any atom is -0.384 e. The number of rotatable bonds is 7. The van der Waals surface area contributed by atoms with Crippen LogP contribution in [0.4, 0.5) is 10.1 Å². The van der Waals surface area contributed by atoms with E-state index in [-0.39, 0.29) is 6.04 Å². The molecule has 0 aromatic heterocycles. The highest BCUT2D eigenvalue weighted by atomic mass is 32.2. The Morgan fingerprint density at radius 2 is 2.00 bits per heavy atom. The maximum Gasteiger partial charge on any atom is 0.147 e. The molecule has 0 fully saturated rings. The molecule has 2 rings (SSSR count). The molecule has 2 aromatic rings. The molecule has 3 nitrogen and oxygen atoms in total. The summed E-state index contributed by atoms with van der Waals surface area (Å²) in [6, 6.07) is 14.5. The Hall–Kier alpha value is -2.03. The van der Waals surface area contributed by atoms with Gasteiger partial charge in [0.25, 0.3) is 0 Å². The van der Waals surface area contributed by atoms with E-state index in [1.54, 1.807) is 31.0 Å². The van der Waals surface area contributed by atoms with Gasteiger partial charge in [0.15, 0.2) is 0 Å². The fourth-order valence-corrected chi connectivity index (χ4v) is 2.93. The smallest absolute Gasteiger partial charge is 0.147 e. The summed E-state index contributed by atoms with van der Waals surface area (Å²) in [4.78, 5) is 1.18. The first kappa shape index (κ1) is 17.3. The second-order valence-corrected chi connectivity index (χ2v) is 6.25. The summed E-state index contributed by atoms with van der Waals surface area (Å²) in [6.45, 7) is 2.70. The van der Waals surface area contributed by atoms with Crippen molar-refractivity contribution >= 4 is 17.4 Å². The summed E-state index contributed by atoms with van der Waals surface area (Å²) in [6.07, 6.45) is 0. The zero-order valence-electron chi connectivity index (χ0n) is 13.2. The zero-order valence-corrected chi connectivity index (χ0v) is 14.0. The Labute approximate surface area is 140 Å². The van der Waals surface area contributed by atoms with E-state index < -0.39 is 5.82 Å². The predicted octanol–water partition coefficient (Wildman–Crippen LogP) is 4.61. The molecule has 0 amide bonds. The molecule has 0 heterocycles. The topological polar surface area (TPSA) is 45.0 Å². The molecule has 0 saturated carbocycles. The van der Waals surface area contributed by atoms with Crippen LogP contribution in [0.5, 0.6) is 0 Å². The lowest BCUT2D eigenvalue weighted by Crippen LogP contribution is -2.08. The van der Waals surface area contributed by atoms with Crippen LogP contribution in [-0.4, -0.2) is 19.5 Å². The maximum absolute atomic E-state index is 13.9. The molecule has 0 aliphatic heterocycles. The summed E-state index contributed by atoms with van der Waals surface area (Å²) in [7, 11) is 1.69. The first-order chi connectivity index (χ1) is 11.1. The standard InChI is InChI=1S/C18H19FN2OS/c1-13(21-18-8-3-14(12-20)11-17(18)19)15-4-6-16(7-5-15)23-10-9-22-2/h3-8,11,13,21H,9-10H2,1-2H3. The van der Waals surface area contributed by atoms with Crippen molar-refractivity contribution < 1.29 is 9.13 Å². The molecule has 120 valence electrons. The number of hydrogen-bond donors (Lipinski definition) is 1. The monoisotopic (exact) mass is 330 g/mol. The molecule has 5 heteroatoms. The van der Waals surface area contributed by atoms with Gasteiger partial charge in [0.2, 0.25) is 0 Å². The first-order valence-electron chi connectivity index (χ1n) is 7.32. The van der Waals surface area contributed by atoms with Crippen molar-refractivity contribution in [3.8, 4) is 6.07 Å². The van der Waals surface area contributed by atoms with Gasteiger partial charge in [0, 0.05) is 23.8 Å². The zero-order chi connectivity index (χ0) is 16.7. The van der Waals surface area contributed by atoms with Gasteiger partial charge in [-0.05, 0) is 42.8 Å². The predicted molar refractivity (Wildman–Crippen MR) is 92.2 cm³/mol. The third-order valence-corrected chi connectivity index (χ3v) is 4.38. The van der Waals surface area contributed by atoms with Crippen LogP contribution in [0.25, 0.3) is 0 Å². The Morgan fingerprint density at radius 3 is 2.61 bits per heavy atom. The van der Waals surface area contributed by atoms with Crippen molar-refractivity contribution in [1.29, 1.82) is 5.26 Å². The molecule has 0 radical (unpaired) electrons. The van der Waals surface area contributed by atoms with Gasteiger partial charge in [-0.15, -0.1) is 11.8 Å². The molecule has 23 heavy (non-hydrogen) atoms. The van der Waals surface area contributed by atoms with Crippen molar-refractivity contribution in [3.05, 3.63) is 59.4 Å². The highest BCUT2D eigenvalue weighted by Crippen LogP contribution is 2.25. The highest BCUT2D eigenvalue weighted by Gasteiger charge is 2.09. The van der Waals surface area contributed by atoms with E-state index in [0.29, 0.717) is 11.3 Å². The number of thioether (sulfide) groups is 1. The van der Waals surface area contributed by atoms with E-state index in [0.717, 1.165) is 17.9 Å². The Bertz CT molecular complexity index is 682. The average molecular weight is 330 g/mol. The van der Waals surface area contributed by atoms with Crippen molar-refractivity contribution in [3.63, 3.8) is 0 Å². The molecule has 0 aliphatic carbocycles. The van der Waals surface area contributed by atoms with Crippen LogP contribution in [0.15, 0.2) is 47.4 Å². The molecule has 0 aliphatic rings. The van der Waals surface area contributed by atoms with Crippen molar-refractivity contribution in [2.45, 2.75) is 17.9 Å². The number of hydrogen-bond acceptors (Lipinski definition) is 4. The lowest BCUT2D eigenvalue weighted by Gasteiger charge is -2.16. The van der Waals surface area contributed by atoms with Crippen LogP contribution in [0.2, 0.25) is 0 Å². The number of anilines is 1. The number of ether oxygens (including phenoxy) is 1. The van der Waals surface area contributed by atoms with Crippen LogP contribution < -0.4 is 5.32 Å². The van der Waals surface area contributed by atoms with E-state index in [9.17, 15) is 4.39 Å². The molecular formula is C18H19FN2OS. The van der Waals surface area contributed by atoms with E-state index in [1.165, 1.54) is 11.0 Å². The summed E-state index contributed by atoms with van der Waals surface area (Å²) in [5.41, 5.74) is 1.79. The third-order valence-electron chi connectivity index (χ3n) is 3.41. The molecular weight excluding hydrogens is 311 g/mol. The quantitative estimate of drug-likeness (QED) is 0.595. The molecule has 1 unspecified atom stereocenters. The summed E-state index contributed by atoms with van der Waals surface area (Å²) >= 11 is 1.74. The number of nitriles is 1. The summed E-state index contributed by atoms with van der Waals surface area (Å²) in [5.74, 6) is 0.503. The summed E-state index contributed by atoms with van der Waals surface area (Å²) < 4.78 is 19.0. The van der Waals surface area contributed by atoms with Crippen LogP contribution in [0.3, 0.4) is 0 Å². The number of nitrogens with one attached hydrogen (secondary N) is 1. The van der Waals surface area contributed by atoms with Gasteiger partial charge in [0.1, 0.15) is 5.82 Å². The number of benzene rings is 2. The highest BCUT2D eigenvalue weighted by molar-refractivity contribution is 7.99. The van der Waals surface area contributed by atoms with Crippen molar-refractivity contribution in [1.82, 2.24) is 0 Å². The van der Waals surface area contributed by atoms with Crippen LogP contribution in [0.1, 0.15) is 24.1 Å². The Balaban J connectivity index is 2.00. The lowest BCUT2D eigenvalue weighted by molar-refractivity contribution is 0.218. The Morgan fingerprint density at radius 1 is 1.26 bits per heavy atom. The molecule has 1 N–H and O–H groups in total. The lowest BCUT2D eigenvalue weighted by atomic mass is 10.1. The SMILES string of the molecule is COCCSc1ccc(C(C)Nc2ccc(C#N)cc2F)cc1. The molecule has 1 atom stereocenters. The number of methoxy groups -OCH3 is 1. The van der Waals surface area contributed by atoms with Gasteiger partial charge in [-0.3, -0.25) is 0 Å². The van der Waals surface area contributed by atoms with Gasteiger partial charge in [-0.1, -0.05) is 12.1 Å². The minimum absolute atomic E-state index is 0.0320. The van der Waals surface area contributed by atoms with E-state index in [2.05, 4.69) is 17.4 Å². The molecule has 0 bridgehead atoms.